The van der Waals surface area contributed by atoms with Crippen LogP contribution in [0.1, 0.15) is 0 Å². The molecule has 1 aromatic carbocycles. The molecule has 0 fully saturated rings. The van der Waals surface area contributed by atoms with Crippen molar-refractivity contribution in [2.75, 3.05) is 0 Å². The molecule has 0 aliphatic rings. The van der Waals surface area contributed by atoms with Crippen molar-refractivity contribution in [1.29, 1.82) is 0 Å². The van der Waals surface area contributed by atoms with E-state index in [0.29, 0.717) is 5.88 Å². The number of rotatable bonds is 3. The molecule has 0 saturated carbocycles. The van der Waals surface area contributed by atoms with Crippen LogP contribution in [0, 0.1) is 0 Å². The Balaban J connectivity index is 1.61. The number of nitrogens with zero attached hydrogens (tertiary/aromatic N) is 2. The van der Waals surface area contributed by atoms with Gasteiger partial charge in [-0.25, -0.2) is 4.98 Å². The molecular weight excluding hydrogens is 282 g/mol. The van der Waals surface area contributed by atoms with Crippen LogP contribution in [0.3, 0.4) is 0 Å². The van der Waals surface area contributed by atoms with Crippen LogP contribution in [0.5, 0.6) is 11.6 Å². The first kappa shape index (κ1) is 12.1. The fourth-order valence-electron chi connectivity index (χ4n) is 2.15. The van der Waals surface area contributed by atoms with Crippen molar-refractivity contribution < 1.29 is 4.74 Å². The van der Waals surface area contributed by atoms with E-state index in [4.69, 9.17) is 4.74 Å². The molecule has 102 valence electrons. The Morgan fingerprint density at radius 2 is 1.95 bits per heavy atom. The molecule has 0 radical (unpaired) electrons. The number of H-pyrrole nitrogens is 1. The Hall–Kier alpha value is -2.66. The maximum atomic E-state index is 5.83. The molecule has 3 aromatic heterocycles. The molecule has 5 heteroatoms. The van der Waals surface area contributed by atoms with E-state index in [-0.39, 0.29) is 0 Å². The standard InChI is InChI=1S/C16H11N3OS/c1-2-14-12(5-8-18-14)9-13(1)20-15-10-21-16(19-15)11-3-6-17-7-4-11/h1-10,18H. The fraction of sp³-hybridized carbons (Fsp3) is 0. The Labute approximate surface area is 125 Å². The highest BCUT2D eigenvalue weighted by Gasteiger charge is 2.07. The Kier molecular flexibility index (Phi) is 2.90. The van der Waals surface area contributed by atoms with Crippen molar-refractivity contribution in [2.45, 2.75) is 0 Å². The number of aromatic amines is 1. The number of benzene rings is 1. The van der Waals surface area contributed by atoms with Gasteiger partial charge in [-0.2, -0.15) is 0 Å². The first-order valence-electron chi connectivity index (χ1n) is 6.49. The van der Waals surface area contributed by atoms with Gasteiger partial charge < -0.3 is 9.72 Å². The van der Waals surface area contributed by atoms with E-state index in [1.807, 2.05) is 48.0 Å². The Morgan fingerprint density at radius 3 is 2.86 bits per heavy atom. The summed E-state index contributed by atoms with van der Waals surface area (Å²) in [5.74, 6) is 1.40. The van der Waals surface area contributed by atoms with Crippen molar-refractivity contribution in [1.82, 2.24) is 15.0 Å². The van der Waals surface area contributed by atoms with E-state index >= 15 is 0 Å². The molecule has 0 amide bonds. The van der Waals surface area contributed by atoms with Crippen LogP contribution in [0.2, 0.25) is 0 Å². The normalized spacial score (nSPS) is 10.9. The topological polar surface area (TPSA) is 50.8 Å². The zero-order valence-corrected chi connectivity index (χ0v) is 11.8. The first-order valence-corrected chi connectivity index (χ1v) is 7.37. The van der Waals surface area contributed by atoms with Gasteiger partial charge in [0, 0.05) is 35.1 Å². The highest BCUT2D eigenvalue weighted by molar-refractivity contribution is 7.13. The monoisotopic (exact) mass is 293 g/mol. The Bertz CT molecular complexity index is 883. The lowest BCUT2D eigenvalue weighted by Gasteiger charge is -2.02. The van der Waals surface area contributed by atoms with Crippen LogP contribution < -0.4 is 4.74 Å². The second kappa shape index (κ2) is 5.03. The number of pyridine rings is 1. The summed E-state index contributed by atoms with van der Waals surface area (Å²) in [5.41, 5.74) is 2.14. The van der Waals surface area contributed by atoms with E-state index < -0.39 is 0 Å². The summed E-state index contributed by atoms with van der Waals surface area (Å²) in [6.07, 6.45) is 5.44. The summed E-state index contributed by atoms with van der Waals surface area (Å²) in [4.78, 5) is 11.7. The minimum absolute atomic E-state index is 0.613. The van der Waals surface area contributed by atoms with Gasteiger partial charge in [0.05, 0.1) is 5.38 Å². The van der Waals surface area contributed by atoms with Gasteiger partial charge in [-0.3, -0.25) is 4.98 Å². The van der Waals surface area contributed by atoms with Crippen molar-refractivity contribution in [3.8, 4) is 22.2 Å². The predicted molar refractivity (Wildman–Crippen MR) is 83.7 cm³/mol. The molecular formula is C16H11N3OS. The van der Waals surface area contributed by atoms with Crippen LogP contribution in [-0.4, -0.2) is 15.0 Å². The van der Waals surface area contributed by atoms with E-state index in [1.54, 1.807) is 23.7 Å². The second-order valence-corrected chi connectivity index (χ2v) is 5.41. The molecule has 0 atom stereocenters. The van der Waals surface area contributed by atoms with Crippen LogP contribution in [0.15, 0.2) is 60.4 Å². The zero-order chi connectivity index (χ0) is 14.1. The summed E-state index contributed by atoms with van der Waals surface area (Å²) >= 11 is 1.56. The molecule has 4 nitrogen and oxygen atoms in total. The van der Waals surface area contributed by atoms with E-state index in [0.717, 1.165) is 27.2 Å². The van der Waals surface area contributed by atoms with Gasteiger partial charge in [0.1, 0.15) is 10.8 Å². The summed E-state index contributed by atoms with van der Waals surface area (Å²) in [6, 6.07) is 11.8. The molecule has 1 N–H and O–H groups in total. The number of ether oxygens (including phenoxy) is 1. The van der Waals surface area contributed by atoms with E-state index in [1.165, 1.54) is 0 Å². The maximum Gasteiger partial charge on any atom is 0.230 e. The van der Waals surface area contributed by atoms with Crippen LogP contribution in [0.4, 0.5) is 0 Å². The molecule has 4 rings (SSSR count). The molecule has 0 aliphatic carbocycles. The fourth-order valence-corrected chi connectivity index (χ4v) is 2.88. The molecule has 3 heterocycles. The smallest absolute Gasteiger partial charge is 0.230 e. The van der Waals surface area contributed by atoms with Gasteiger partial charge in [0.25, 0.3) is 0 Å². The molecule has 0 spiro atoms. The quantitative estimate of drug-likeness (QED) is 0.606. The summed E-state index contributed by atoms with van der Waals surface area (Å²) < 4.78 is 5.83. The van der Waals surface area contributed by atoms with Gasteiger partial charge in [0.2, 0.25) is 5.88 Å². The van der Waals surface area contributed by atoms with Crippen LogP contribution in [0.25, 0.3) is 21.5 Å². The van der Waals surface area contributed by atoms with Crippen LogP contribution >= 0.6 is 11.3 Å². The molecule has 0 unspecified atom stereocenters. The summed E-state index contributed by atoms with van der Waals surface area (Å²) in [5, 5.41) is 3.96. The van der Waals surface area contributed by atoms with E-state index in [9.17, 15) is 0 Å². The molecule has 0 aliphatic heterocycles. The minimum atomic E-state index is 0.613. The van der Waals surface area contributed by atoms with Crippen molar-refractivity contribution in [2.24, 2.45) is 0 Å². The third kappa shape index (κ3) is 2.39. The highest BCUT2D eigenvalue weighted by atomic mass is 32.1. The lowest BCUT2D eigenvalue weighted by Crippen LogP contribution is -1.84. The third-order valence-electron chi connectivity index (χ3n) is 3.16. The number of nitrogens with one attached hydrogen (secondary N) is 1. The largest absolute Gasteiger partial charge is 0.438 e. The number of thiazole rings is 1. The number of aromatic nitrogens is 3. The van der Waals surface area contributed by atoms with Gasteiger partial charge >= 0.3 is 0 Å². The third-order valence-corrected chi connectivity index (χ3v) is 4.03. The molecule has 0 saturated heterocycles. The second-order valence-electron chi connectivity index (χ2n) is 4.56. The Morgan fingerprint density at radius 1 is 1.05 bits per heavy atom. The lowest BCUT2D eigenvalue weighted by atomic mass is 10.2. The predicted octanol–water partition coefficient (Wildman–Crippen LogP) is 4.48. The molecule has 4 aromatic rings. The molecule has 0 bridgehead atoms. The average molecular weight is 293 g/mol. The number of fused-ring (bicyclic) bond motifs is 1. The average Bonchev–Trinajstić information content (AvgIpc) is 3.17. The number of hydrogen-bond donors (Lipinski definition) is 1. The zero-order valence-electron chi connectivity index (χ0n) is 11.0. The van der Waals surface area contributed by atoms with Crippen molar-refractivity contribution >= 4 is 22.2 Å². The first-order chi connectivity index (χ1) is 10.4. The maximum absolute atomic E-state index is 5.83. The van der Waals surface area contributed by atoms with Crippen LogP contribution in [-0.2, 0) is 0 Å². The highest BCUT2D eigenvalue weighted by Crippen LogP contribution is 2.30. The summed E-state index contributed by atoms with van der Waals surface area (Å²) in [6.45, 7) is 0. The SMILES string of the molecule is c1cc(-c2nc(Oc3ccc4[nH]ccc4c3)cs2)ccn1. The summed E-state index contributed by atoms with van der Waals surface area (Å²) in [7, 11) is 0. The molecule has 21 heavy (non-hydrogen) atoms. The minimum Gasteiger partial charge on any atom is -0.438 e. The van der Waals surface area contributed by atoms with Gasteiger partial charge in [0.15, 0.2) is 0 Å². The van der Waals surface area contributed by atoms with Crippen molar-refractivity contribution in [3.63, 3.8) is 0 Å². The number of hydrogen-bond acceptors (Lipinski definition) is 4. The van der Waals surface area contributed by atoms with E-state index in [2.05, 4.69) is 15.0 Å². The van der Waals surface area contributed by atoms with Gasteiger partial charge in [-0.1, -0.05) is 0 Å². The van der Waals surface area contributed by atoms with Crippen molar-refractivity contribution in [3.05, 3.63) is 60.4 Å². The lowest BCUT2D eigenvalue weighted by molar-refractivity contribution is 0.467. The van der Waals surface area contributed by atoms with Gasteiger partial charge in [-0.15, -0.1) is 11.3 Å². The van der Waals surface area contributed by atoms with Gasteiger partial charge in [-0.05, 0) is 36.4 Å².